The van der Waals surface area contributed by atoms with Crippen LogP contribution in [-0.2, 0) is 0 Å². The van der Waals surface area contributed by atoms with Crippen LogP contribution < -0.4 is 20.3 Å². The van der Waals surface area contributed by atoms with E-state index in [1.54, 1.807) is 18.1 Å². The third-order valence-electron chi connectivity index (χ3n) is 2.60. The van der Waals surface area contributed by atoms with Crippen LogP contribution in [0.25, 0.3) is 12.5 Å². The van der Waals surface area contributed by atoms with Crippen molar-refractivity contribution in [3.63, 3.8) is 0 Å². The molecule has 0 aliphatic rings. The van der Waals surface area contributed by atoms with E-state index in [1.165, 1.54) is 0 Å². The molecule has 1 aromatic carbocycles. The third kappa shape index (κ3) is 2.30. The molecule has 0 N–H and O–H groups in total. The molecule has 16 heavy (non-hydrogen) atoms. The van der Waals surface area contributed by atoms with Crippen LogP contribution in [0.15, 0.2) is 18.2 Å². The lowest BCUT2D eigenvalue weighted by atomic mass is 10.2. The van der Waals surface area contributed by atoms with Crippen LogP contribution in [0.2, 0.25) is 0 Å². The Kier molecular flexibility index (Phi) is 4.23. The molecule has 0 aliphatic heterocycles. The maximum atomic E-state index is 12.2. The fraction of sp³-hybridized carbons (Fsp3) is 0.385. The Morgan fingerprint density at radius 1 is 1.38 bits per heavy atom. The summed E-state index contributed by atoms with van der Waals surface area (Å²) in [6, 6.07) is 5.44. The van der Waals surface area contributed by atoms with Gasteiger partial charge in [0.25, 0.3) is 0 Å². The summed E-state index contributed by atoms with van der Waals surface area (Å²) in [5.74, 6) is 0.567. The SMILES string of the molecule is C=c1cccc(OC)/c1=C(\[O-])N(CC)CC. The molecule has 0 aromatic heterocycles. The zero-order valence-electron chi connectivity index (χ0n) is 10.1. The summed E-state index contributed by atoms with van der Waals surface area (Å²) in [6.45, 7) is 9.16. The summed E-state index contributed by atoms with van der Waals surface area (Å²) in [7, 11) is 1.56. The molecule has 0 bridgehead atoms. The van der Waals surface area contributed by atoms with Gasteiger partial charge in [-0.15, -0.1) is 0 Å². The van der Waals surface area contributed by atoms with Crippen molar-refractivity contribution in [1.29, 1.82) is 0 Å². The maximum Gasteiger partial charge on any atom is 0.127 e. The lowest BCUT2D eigenvalue weighted by molar-refractivity contribution is -0.272. The van der Waals surface area contributed by atoms with E-state index in [4.69, 9.17) is 4.74 Å². The number of hydrogen-bond donors (Lipinski definition) is 0. The van der Waals surface area contributed by atoms with Crippen molar-refractivity contribution in [2.75, 3.05) is 20.2 Å². The molecule has 0 fully saturated rings. The molecule has 3 nitrogen and oxygen atoms in total. The molecule has 0 atom stereocenters. The van der Waals surface area contributed by atoms with Crippen LogP contribution in [0.3, 0.4) is 0 Å². The van der Waals surface area contributed by atoms with Crippen LogP contribution in [0.1, 0.15) is 13.8 Å². The van der Waals surface area contributed by atoms with Crippen molar-refractivity contribution in [1.82, 2.24) is 4.90 Å². The largest absolute Gasteiger partial charge is 0.860 e. The van der Waals surface area contributed by atoms with Gasteiger partial charge in [-0.25, -0.2) is 0 Å². The Morgan fingerprint density at radius 2 is 2.00 bits per heavy atom. The summed E-state index contributed by atoms with van der Waals surface area (Å²) in [5.41, 5.74) is 0. The second-order valence-corrected chi connectivity index (χ2v) is 3.47. The molecule has 0 heterocycles. The Labute approximate surface area is 96.3 Å². The van der Waals surface area contributed by atoms with Crippen LogP contribution in [0.4, 0.5) is 0 Å². The Balaban J connectivity index is 3.50. The minimum Gasteiger partial charge on any atom is -0.860 e. The van der Waals surface area contributed by atoms with E-state index in [2.05, 4.69) is 6.58 Å². The molecule has 0 spiro atoms. The Hall–Kier alpha value is -1.64. The first-order chi connectivity index (χ1) is 7.65. The summed E-state index contributed by atoms with van der Waals surface area (Å²) in [5, 5.41) is 13.5. The van der Waals surface area contributed by atoms with Crippen molar-refractivity contribution in [2.24, 2.45) is 0 Å². The number of rotatable bonds is 4. The first-order valence-corrected chi connectivity index (χ1v) is 5.43. The van der Waals surface area contributed by atoms with Crippen molar-refractivity contribution < 1.29 is 9.84 Å². The number of hydrogen-bond acceptors (Lipinski definition) is 3. The molecule has 0 unspecified atom stereocenters. The van der Waals surface area contributed by atoms with Crippen LogP contribution in [-0.4, -0.2) is 25.1 Å². The molecule has 0 aliphatic carbocycles. The molecule has 0 saturated heterocycles. The number of ether oxygens (including phenoxy) is 1. The molecule has 0 radical (unpaired) electrons. The number of methoxy groups -OCH3 is 1. The van der Waals surface area contributed by atoms with Gasteiger partial charge in [-0.3, -0.25) is 0 Å². The van der Waals surface area contributed by atoms with Gasteiger partial charge >= 0.3 is 0 Å². The average Bonchev–Trinajstić information content (AvgIpc) is 2.29. The van der Waals surface area contributed by atoms with Crippen LogP contribution in [0.5, 0.6) is 5.75 Å². The predicted octanol–water partition coefficient (Wildman–Crippen LogP) is -0.127. The molecular weight excluding hydrogens is 202 g/mol. The predicted molar refractivity (Wildman–Crippen MR) is 64.1 cm³/mol. The van der Waals surface area contributed by atoms with E-state index in [0.29, 0.717) is 29.3 Å². The number of nitrogens with zero attached hydrogens (tertiary/aromatic N) is 1. The van der Waals surface area contributed by atoms with E-state index in [9.17, 15) is 5.11 Å². The average molecular weight is 220 g/mol. The molecule has 0 amide bonds. The fourth-order valence-electron chi connectivity index (χ4n) is 1.66. The smallest absolute Gasteiger partial charge is 0.127 e. The molecule has 3 heteroatoms. The Morgan fingerprint density at radius 3 is 2.50 bits per heavy atom. The summed E-state index contributed by atoms with van der Waals surface area (Å²) in [6.07, 6.45) is 0. The zero-order valence-corrected chi connectivity index (χ0v) is 10.1. The quantitative estimate of drug-likeness (QED) is 0.709. The van der Waals surface area contributed by atoms with E-state index < -0.39 is 0 Å². The highest BCUT2D eigenvalue weighted by molar-refractivity contribution is 5.40. The van der Waals surface area contributed by atoms with Crippen molar-refractivity contribution in [2.45, 2.75) is 13.8 Å². The number of benzene rings is 1. The van der Waals surface area contributed by atoms with Crippen molar-refractivity contribution in [3.8, 4) is 5.75 Å². The van der Waals surface area contributed by atoms with E-state index in [-0.39, 0.29) is 5.88 Å². The van der Waals surface area contributed by atoms with Gasteiger partial charge in [0, 0.05) is 18.3 Å². The van der Waals surface area contributed by atoms with Gasteiger partial charge in [0.2, 0.25) is 0 Å². The van der Waals surface area contributed by atoms with Gasteiger partial charge in [0.05, 0.1) is 7.11 Å². The summed E-state index contributed by atoms with van der Waals surface area (Å²) in [4.78, 5) is 1.76. The normalized spacial score (nSPS) is 12.2. The van der Waals surface area contributed by atoms with Gasteiger partial charge in [-0.1, -0.05) is 18.7 Å². The van der Waals surface area contributed by atoms with Gasteiger partial charge in [-0.2, -0.15) is 0 Å². The summed E-state index contributed by atoms with van der Waals surface area (Å²) < 4.78 is 5.20. The zero-order chi connectivity index (χ0) is 12.1. The van der Waals surface area contributed by atoms with Gasteiger partial charge < -0.3 is 14.7 Å². The van der Waals surface area contributed by atoms with E-state index in [0.717, 1.165) is 0 Å². The lowest BCUT2D eigenvalue weighted by Gasteiger charge is -2.29. The topological polar surface area (TPSA) is 35.5 Å². The summed E-state index contributed by atoms with van der Waals surface area (Å²) >= 11 is 0. The monoisotopic (exact) mass is 220 g/mol. The molecule has 88 valence electrons. The highest BCUT2D eigenvalue weighted by atomic mass is 16.5. The van der Waals surface area contributed by atoms with Crippen LogP contribution >= 0.6 is 0 Å². The second-order valence-electron chi connectivity index (χ2n) is 3.47. The first kappa shape index (κ1) is 12.4. The van der Waals surface area contributed by atoms with Gasteiger partial charge in [-0.05, 0) is 31.0 Å². The second kappa shape index (κ2) is 5.45. The molecule has 1 rings (SSSR count). The Bertz CT molecular complexity index is 449. The highest BCUT2D eigenvalue weighted by Gasteiger charge is 2.01. The first-order valence-electron chi connectivity index (χ1n) is 5.43. The highest BCUT2D eigenvalue weighted by Crippen LogP contribution is 2.01. The van der Waals surface area contributed by atoms with Crippen LogP contribution in [0, 0.1) is 0 Å². The van der Waals surface area contributed by atoms with Crippen molar-refractivity contribution in [3.05, 3.63) is 28.6 Å². The van der Waals surface area contributed by atoms with Gasteiger partial charge in [0.15, 0.2) is 0 Å². The molecular formula is C13H18NO2-. The molecule has 0 saturated carbocycles. The van der Waals surface area contributed by atoms with E-state index in [1.807, 2.05) is 26.0 Å². The molecule has 1 aromatic rings. The minimum absolute atomic E-state index is 0.0209. The third-order valence-corrected chi connectivity index (χ3v) is 2.60. The van der Waals surface area contributed by atoms with E-state index >= 15 is 0 Å². The fourth-order valence-corrected chi connectivity index (χ4v) is 1.66. The lowest BCUT2D eigenvalue weighted by Crippen LogP contribution is -2.40. The minimum atomic E-state index is -0.0209. The van der Waals surface area contributed by atoms with Gasteiger partial charge in [0.1, 0.15) is 5.75 Å². The standard InChI is InChI=1S/C13H19NO2/c1-5-14(6-2)13(15)12-10(3)8-7-9-11(12)16-4/h7-9,15H,3,5-6H2,1-2,4H3/p-1/b13-12-. The maximum absolute atomic E-state index is 12.2. The van der Waals surface area contributed by atoms with Crippen molar-refractivity contribution >= 4 is 12.5 Å².